The Balaban J connectivity index is 2.38. The van der Waals surface area contributed by atoms with Crippen molar-refractivity contribution in [1.29, 1.82) is 0 Å². The Hall–Kier alpha value is -1.36. The van der Waals surface area contributed by atoms with E-state index in [2.05, 4.69) is 36.0 Å². The maximum absolute atomic E-state index is 5.52. The fourth-order valence-electron chi connectivity index (χ4n) is 2.29. The van der Waals surface area contributed by atoms with Crippen LogP contribution in [-0.4, -0.2) is 43.3 Å². The van der Waals surface area contributed by atoms with Crippen molar-refractivity contribution >= 4 is 11.6 Å². The van der Waals surface area contributed by atoms with Crippen LogP contribution in [0.5, 0.6) is 0 Å². The van der Waals surface area contributed by atoms with E-state index in [0.29, 0.717) is 5.92 Å². The van der Waals surface area contributed by atoms with Gasteiger partial charge in [-0.05, 0) is 13.3 Å². The van der Waals surface area contributed by atoms with Gasteiger partial charge < -0.3 is 15.0 Å². The van der Waals surface area contributed by atoms with Gasteiger partial charge >= 0.3 is 0 Å². The number of hydrogen-bond donors (Lipinski definition) is 1. The van der Waals surface area contributed by atoms with Crippen LogP contribution in [0.3, 0.4) is 0 Å². The fourth-order valence-corrected chi connectivity index (χ4v) is 2.29. The van der Waals surface area contributed by atoms with Crippen LogP contribution in [0.4, 0.5) is 11.6 Å². The summed E-state index contributed by atoms with van der Waals surface area (Å²) in [6.45, 7) is 9.85. The molecule has 0 spiro atoms. The van der Waals surface area contributed by atoms with Crippen molar-refractivity contribution < 1.29 is 4.74 Å². The largest absolute Gasteiger partial charge is 0.380 e. The molecule has 0 aromatic carbocycles. The lowest BCUT2D eigenvalue weighted by Crippen LogP contribution is -2.28. The fraction of sp³-hybridized carbons (Fsp3) is 0.714. The second-order valence-electron chi connectivity index (χ2n) is 5.24. The molecule has 19 heavy (non-hydrogen) atoms. The molecule has 1 aromatic heterocycles. The molecule has 106 valence electrons. The SMILES string of the molecule is CNc1nc(C(C)C)nc(N2CCCOCC2)c1C. The van der Waals surface area contributed by atoms with E-state index in [1.807, 2.05) is 7.05 Å². The molecule has 5 heteroatoms. The van der Waals surface area contributed by atoms with Crippen molar-refractivity contribution in [3.05, 3.63) is 11.4 Å². The summed E-state index contributed by atoms with van der Waals surface area (Å²) in [6.07, 6.45) is 1.05. The number of ether oxygens (including phenoxy) is 1. The first kappa shape index (κ1) is 14.1. The molecule has 5 nitrogen and oxygen atoms in total. The van der Waals surface area contributed by atoms with Crippen LogP contribution in [0.15, 0.2) is 0 Å². The monoisotopic (exact) mass is 264 g/mol. The van der Waals surface area contributed by atoms with Gasteiger partial charge in [0.25, 0.3) is 0 Å². The molecule has 1 fully saturated rings. The average molecular weight is 264 g/mol. The van der Waals surface area contributed by atoms with Gasteiger partial charge in [0.05, 0.1) is 6.61 Å². The molecule has 0 bridgehead atoms. The van der Waals surface area contributed by atoms with Gasteiger partial charge in [-0.15, -0.1) is 0 Å². The van der Waals surface area contributed by atoms with Gasteiger partial charge in [0.15, 0.2) is 0 Å². The zero-order chi connectivity index (χ0) is 13.8. The number of rotatable bonds is 3. The van der Waals surface area contributed by atoms with Gasteiger partial charge in [0, 0.05) is 38.2 Å². The highest BCUT2D eigenvalue weighted by Gasteiger charge is 2.18. The summed E-state index contributed by atoms with van der Waals surface area (Å²) in [7, 11) is 1.91. The van der Waals surface area contributed by atoms with E-state index in [4.69, 9.17) is 9.72 Å². The van der Waals surface area contributed by atoms with E-state index in [9.17, 15) is 0 Å². The predicted octanol–water partition coefficient (Wildman–Crippen LogP) is 2.18. The minimum Gasteiger partial charge on any atom is -0.380 e. The third-order valence-corrected chi connectivity index (χ3v) is 3.41. The van der Waals surface area contributed by atoms with Crippen molar-refractivity contribution in [1.82, 2.24) is 9.97 Å². The van der Waals surface area contributed by atoms with E-state index < -0.39 is 0 Å². The molecule has 0 amide bonds. The molecule has 1 saturated heterocycles. The summed E-state index contributed by atoms with van der Waals surface area (Å²) in [4.78, 5) is 11.7. The van der Waals surface area contributed by atoms with Crippen LogP contribution in [0.1, 0.15) is 37.6 Å². The molecule has 1 aliphatic rings. The number of nitrogens with one attached hydrogen (secondary N) is 1. The summed E-state index contributed by atoms with van der Waals surface area (Å²) in [5.74, 6) is 3.21. The number of anilines is 2. The van der Waals surface area contributed by atoms with Crippen molar-refractivity contribution in [2.45, 2.75) is 33.1 Å². The number of aromatic nitrogens is 2. The van der Waals surface area contributed by atoms with Crippen LogP contribution in [0.25, 0.3) is 0 Å². The summed E-state index contributed by atoms with van der Waals surface area (Å²) in [5.41, 5.74) is 1.12. The van der Waals surface area contributed by atoms with Gasteiger partial charge in [-0.2, -0.15) is 0 Å². The van der Waals surface area contributed by atoms with Crippen molar-refractivity contribution in [3.8, 4) is 0 Å². The standard InChI is InChI=1S/C14H24N4O/c1-10(2)12-16-13(15-4)11(3)14(17-12)18-6-5-8-19-9-7-18/h10H,5-9H2,1-4H3,(H,15,16,17). The molecule has 0 unspecified atom stereocenters. The highest BCUT2D eigenvalue weighted by molar-refractivity contribution is 5.58. The Labute approximate surface area is 115 Å². The maximum Gasteiger partial charge on any atom is 0.137 e. The molecule has 0 aliphatic carbocycles. The zero-order valence-corrected chi connectivity index (χ0v) is 12.4. The summed E-state index contributed by atoms with van der Waals surface area (Å²) < 4.78 is 5.52. The summed E-state index contributed by atoms with van der Waals surface area (Å²) in [6, 6.07) is 0. The number of nitrogens with zero attached hydrogens (tertiary/aromatic N) is 3. The van der Waals surface area contributed by atoms with E-state index in [1.54, 1.807) is 0 Å². The highest BCUT2D eigenvalue weighted by Crippen LogP contribution is 2.26. The second-order valence-corrected chi connectivity index (χ2v) is 5.24. The van der Waals surface area contributed by atoms with Gasteiger partial charge in [-0.25, -0.2) is 9.97 Å². The molecule has 0 saturated carbocycles. The molecular formula is C14H24N4O. The first-order valence-electron chi connectivity index (χ1n) is 7.02. The van der Waals surface area contributed by atoms with Crippen LogP contribution in [0, 0.1) is 6.92 Å². The Kier molecular flexibility index (Phi) is 4.58. The average Bonchev–Trinajstić information content (AvgIpc) is 2.67. The smallest absolute Gasteiger partial charge is 0.137 e. The minimum absolute atomic E-state index is 0.328. The van der Waals surface area contributed by atoms with Gasteiger partial charge in [-0.3, -0.25) is 0 Å². The Morgan fingerprint density at radius 3 is 2.68 bits per heavy atom. The summed E-state index contributed by atoms with van der Waals surface area (Å²) >= 11 is 0. The van der Waals surface area contributed by atoms with Crippen LogP contribution < -0.4 is 10.2 Å². The molecule has 2 rings (SSSR count). The normalized spacial score (nSPS) is 16.6. The quantitative estimate of drug-likeness (QED) is 0.907. The second kappa shape index (κ2) is 6.19. The molecule has 1 aliphatic heterocycles. The number of hydrogen-bond acceptors (Lipinski definition) is 5. The third-order valence-electron chi connectivity index (χ3n) is 3.41. The molecule has 0 radical (unpaired) electrons. The van der Waals surface area contributed by atoms with E-state index >= 15 is 0 Å². The van der Waals surface area contributed by atoms with Crippen LogP contribution >= 0.6 is 0 Å². The van der Waals surface area contributed by atoms with E-state index in [1.165, 1.54) is 0 Å². The molecule has 2 heterocycles. The predicted molar refractivity (Wildman–Crippen MR) is 78.1 cm³/mol. The Morgan fingerprint density at radius 1 is 1.21 bits per heavy atom. The zero-order valence-electron chi connectivity index (χ0n) is 12.4. The van der Waals surface area contributed by atoms with Crippen molar-refractivity contribution in [3.63, 3.8) is 0 Å². The third kappa shape index (κ3) is 3.15. The molecule has 0 atom stereocenters. The first-order valence-corrected chi connectivity index (χ1v) is 7.02. The van der Waals surface area contributed by atoms with Gasteiger partial charge in [0.1, 0.15) is 17.5 Å². The highest BCUT2D eigenvalue weighted by atomic mass is 16.5. The van der Waals surface area contributed by atoms with Crippen molar-refractivity contribution in [2.75, 3.05) is 43.6 Å². The maximum atomic E-state index is 5.52. The Morgan fingerprint density at radius 2 is 2.00 bits per heavy atom. The lowest BCUT2D eigenvalue weighted by Gasteiger charge is -2.24. The first-order chi connectivity index (χ1) is 9.13. The van der Waals surface area contributed by atoms with Crippen LogP contribution in [-0.2, 0) is 4.74 Å². The topological polar surface area (TPSA) is 50.3 Å². The van der Waals surface area contributed by atoms with Crippen LogP contribution in [0.2, 0.25) is 0 Å². The van der Waals surface area contributed by atoms with Crippen molar-refractivity contribution in [2.24, 2.45) is 0 Å². The van der Waals surface area contributed by atoms with E-state index in [0.717, 1.165) is 55.7 Å². The summed E-state index contributed by atoms with van der Waals surface area (Å²) in [5, 5.41) is 3.18. The molecule has 1 N–H and O–H groups in total. The molecular weight excluding hydrogens is 240 g/mol. The van der Waals surface area contributed by atoms with Gasteiger partial charge in [0.2, 0.25) is 0 Å². The lowest BCUT2D eigenvalue weighted by atomic mass is 10.2. The minimum atomic E-state index is 0.328. The Bertz CT molecular complexity index is 426. The van der Waals surface area contributed by atoms with Gasteiger partial charge in [-0.1, -0.05) is 13.8 Å². The molecule has 1 aromatic rings. The lowest BCUT2D eigenvalue weighted by molar-refractivity contribution is 0.152. The van der Waals surface area contributed by atoms with E-state index in [-0.39, 0.29) is 0 Å².